The average molecular weight is 580 g/mol. The number of esters is 1. The van der Waals surface area contributed by atoms with Gasteiger partial charge in [0.1, 0.15) is 13.2 Å². The summed E-state index contributed by atoms with van der Waals surface area (Å²) in [4.78, 5) is 11.6. The molecule has 226 valence electrons. The van der Waals surface area contributed by atoms with E-state index < -0.39 is 0 Å². The minimum absolute atomic E-state index is 0. The number of quaternary nitrogens is 1. The van der Waals surface area contributed by atoms with Gasteiger partial charge in [-0.15, -0.1) is 0 Å². The highest BCUT2D eigenvalue weighted by Crippen LogP contribution is 2.14. The quantitative estimate of drug-likeness (QED) is 0.0920. The predicted molar refractivity (Wildman–Crippen MR) is 170 cm³/mol. The van der Waals surface area contributed by atoms with Gasteiger partial charge in [0.2, 0.25) is 0 Å². The molecular formula is C37H54ClNO2. The second-order valence-corrected chi connectivity index (χ2v) is 11.6. The Bertz CT molecular complexity index is 1010. The zero-order valence-corrected chi connectivity index (χ0v) is 26.7. The largest absolute Gasteiger partial charge is 1.00 e. The number of halogens is 1. The summed E-state index contributed by atoms with van der Waals surface area (Å²) in [5, 5.41) is 0. The second kappa shape index (κ2) is 23.0. The van der Waals surface area contributed by atoms with Crippen LogP contribution >= 0.6 is 0 Å². The first kappa shape index (κ1) is 36.4. The summed E-state index contributed by atoms with van der Waals surface area (Å²) in [6.45, 7) is 5.06. The molecule has 0 aromatic heterocycles. The molecule has 0 amide bonds. The Labute approximate surface area is 257 Å². The lowest BCUT2D eigenvalue weighted by atomic mass is 10.1. The van der Waals surface area contributed by atoms with Crippen LogP contribution < -0.4 is 12.4 Å². The second-order valence-electron chi connectivity index (χ2n) is 11.6. The molecule has 0 N–H and O–H groups in total. The maximum Gasteiger partial charge on any atom is 0.338 e. The molecule has 41 heavy (non-hydrogen) atoms. The molecule has 3 nitrogen and oxygen atoms in total. The highest BCUT2D eigenvalue weighted by molar-refractivity contribution is 5.89. The predicted octanol–water partition coefficient (Wildman–Crippen LogP) is 7.01. The number of ether oxygens (including phenoxy) is 1. The first-order chi connectivity index (χ1) is 19.5. The summed E-state index contributed by atoms with van der Waals surface area (Å²) < 4.78 is 6.29. The van der Waals surface area contributed by atoms with Crippen molar-refractivity contribution in [3.8, 4) is 0 Å². The van der Waals surface area contributed by atoms with E-state index in [4.69, 9.17) is 4.74 Å². The van der Waals surface area contributed by atoms with Crippen molar-refractivity contribution in [3.63, 3.8) is 0 Å². The van der Waals surface area contributed by atoms with Crippen LogP contribution in [0.2, 0.25) is 0 Å². The summed E-state index contributed by atoms with van der Waals surface area (Å²) in [5.74, 6) is -0.288. The minimum Gasteiger partial charge on any atom is -1.00 e. The van der Waals surface area contributed by atoms with Gasteiger partial charge in [0.25, 0.3) is 0 Å². The monoisotopic (exact) mass is 579 g/mol. The molecule has 0 atom stereocenters. The van der Waals surface area contributed by atoms with E-state index in [1.54, 1.807) is 12.1 Å². The Morgan fingerprint density at radius 1 is 0.585 bits per heavy atom. The molecule has 0 spiro atoms. The van der Waals surface area contributed by atoms with E-state index in [1.165, 1.54) is 89.2 Å². The lowest BCUT2D eigenvalue weighted by Gasteiger charge is -2.30. The molecule has 0 fully saturated rings. The fourth-order valence-electron chi connectivity index (χ4n) is 4.92. The average Bonchev–Trinajstić information content (AvgIpc) is 2.98. The van der Waals surface area contributed by atoms with Crippen molar-refractivity contribution in [1.82, 2.24) is 0 Å². The third kappa shape index (κ3) is 18.4. The third-order valence-corrected chi connectivity index (χ3v) is 7.29. The zero-order valence-electron chi connectivity index (χ0n) is 25.9. The molecule has 0 aliphatic carbocycles. The van der Waals surface area contributed by atoms with Crippen molar-refractivity contribution < 1.29 is 26.4 Å². The van der Waals surface area contributed by atoms with Gasteiger partial charge in [-0.1, -0.05) is 150 Å². The fourth-order valence-corrected chi connectivity index (χ4v) is 4.92. The van der Waals surface area contributed by atoms with E-state index in [-0.39, 0.29) is 18.4 Å². The fraction of sp³-hybridized carbons (Fsp3) is 0.486. The topological polar surface area (TPSA) is 26.3 Å². The zero-order chi connectivity index (χ0) is 28.7. The van der Waals surface area contributed by atoms with Crippen LogP contribution in [0.25, 0.3) is 0 Å². The van der Waals surface area contributed by atoms with Gasteiger partial charge in [-0.25, -0.2) is 4.79 Å². The van der Waals surface area contributed by atoms with Crippen LogP contribution in [0.3, 0.4) is 0 Å². The number of nitrogens with zero attached hydrogens (tertiary/aromatic N) is 1. The molecule has 0 saturated heterocycles. The van der Waals surface area contributed by atoms with Crippen LogP contribution in [0.4, 0.5) is 0 Å². The van der Waals surface area contributed by atoms with Gasteiger partial charge in [0, 0.05) is 5.56 Å². The molecule has 0 radical (unpaired) electrons. The van der Waals surface area contributed by atoms with Gasteiger partial charge in [-0.05, 0) is 30.5 Å². The van der Waals surface area contributed by atoms with E-state index in [0.29, 0.717) is 12.2 Å². The van der Waals surface area contributed by atoms with Gasteiger partial charge >= 0.3 is 5.97 Å². The van der Waals surface area contributed by atoms with Crippen molar-refractivity contribution in [2.75, 3.05) is 20.6 Å². The summed E-state index contributed by atoms with van der Waals surface area (Å²) in [6, 6.07) is 29.5. The van der Waals surface area contributed by atoms with Crippen LogP contribution in [0.15, 0.2) is 91.0 Å². The maximum absolute atomic E-state index is 11.6. The Hall–Kier alpha value is -2.62. The van der Waals surface area contributed by atoms with E-state index in [0.717, 1.165) is 16.6 Å². The van der Waals surface area contributed by atoms with Crippen LogP contribution in [0.1, 0.15) is 105 Å². The van der Waals surface area contributed by atoms with Gasteiger partial charge in [-0.3, -0.25) is 0 Å². The van der Waals surface area contributed by atoms with Crippen molar-refractivity contribution in [3.05, 3.63) is 108 Å². The molecular weight excluding hydrogens is 526 g/mol. The van der Waals surface area contributed by atoms with Gasteiger partial charge in [0.15, 0.2) is 0 Å². The first-order valence-electron chi connectivity index (χ1n) is 15.6. The molecule has 4 heteroatoms. The molecule has 0 aliphatic rings. The molecule has 3 aromatic carbocycles. The smallest absolute Gasteiger partial charge is 0.338 e. The molecule has 0 bridgehead atoms. The Kier molecular flexibility index (Phi) is 20.4. The van der Waals surface area contributed by atoms with E-state index >= 15 is 0 Å². The number of carbonyl (C=O) groups is 1. The molecule has 0 heterocycles. The Morgan fingerprint density at radius 3 is 1.49 bits per heavy atom. The Morgan fingerprint density at radius 2 is 1.00 bits per heavy atom. The van der Waals surface area contributed by atoms with Gasteiger partial charge in [0.05, 0.1) is 26.2 Å². The number of benzene rings is 3. The number of hydrogen-bond acceptors (Lipinski definition) is 2. The number of hydrogen-bond donors (Lipinski definition) is 0. The van der Waals surface area contributed by atoms with Crippen LogP contribution in [-0.2, 0) is 17.9 Å². The van der Waals surface area contributed by atoms with Crippen molar-refractivity contribution in [2.24, 2.45) is 0 Å². The Balaban J connectivity index is 0.000000429. The van der Waals surface area contributed by atoms with Crippen LogP contribution in [0.5, 0.6) is 0 Å². The SMILES string of the molecule is CCCCCCCCCCCCCC[N+](C)(C)Cc1ccccc1.O=C(OCc1ccccc1)c1ccccc1.[Cl-]. The standard InChI is InChI=1S/C23H42N.C14H12O2.ClH/c1-4-5-6-7-8-9-10-11-12-13-14-18-21-24(2,3)22-23-19-16-15-17-20-23;15-14(13-9-5-2-6-10-13)16-11-12-7-3-1-4-8-12;/h15-17,19-20H,4-14,18,21-22H2,1-3H3;1-10H,11H2;1H/q+1;;/p-1. The highest BCUT2D eigenvalue weighted by atomic mass is 35.5. The summed E-state index contributed by atoms with van der Waals surface area (Å²) in [7, 11) is 4.73. The normalized spacial score (nSPS) is 10.7. The highest BCUT2D eigenvalue weighted by Gasteiger charge is 2.14. The van der Waals surface area contributed by atoms with Crippen LogP contribution in [0, 0.1) is 0 Å². The minimum atomic E-state index is -0.288. The summed E-state index contributed by atoms with van der Waals surface area (Å²) >= 11 is 0. The molecule has 0 unspecified atom stereocenters. The van der Waals surface area contributed by atoms with Gasteiger partial charge < -0.3 is 21.6 Å². The number of rotatable bonds is 18. The maximum atomic E-state index is 11.6. The van der Waals surface area contributed by atoms with Crippen molar-refractivity contribution >= 4 is 5.97 Å². The lowest BCUT2D eigenvalue weighted by Crippen LogP contribution is -3.00. The molecule has 3 rings (SSSR count). The molecule has 3 aromatic rings. The van der Waals surface area contributed by atoms with Gasteiger partial charge in [-0.2, -0.15) is 0 Å². The summed E-state index contributed by atoms with van der Waals surface area (Å²) in [5.41, 5.74) is 3.03. The van der Waals surface area contributed by atoms with Crippen molar-refractivity contribution in [1.29, 1.82) is 0 Å². The molecule has 0 aliphatic heterocycles. The summed E-state index contributed by atoms with van der Waals surface area (Å²) in [6.07, 6.45) is 17.2. The van der Waals surface area contributed by atoms with Crippen molar-refractivity contribution in [2.45, 2.75) is 97.1 Å². The van der Waals surface area contributed by atoms with E-state index in [2.05, 4.69) is 51.4 Å². The van der Waals surface area contributed by atoms with E-state index in [1.807, 2.05) is 48.5 Å². The third-order valence-electron chi connectivity index (χ3n) is 7.29. The number of carbonyl (C=O) groups excluding carboxylic acids is 1. The molecule has 0 saturated carbocycles. The number of unbranched alkanes of at least 4 members (excludes halogenated alkanes) is 11. The van der Waals surface area contributed by atoms with Crippen LogP contribution in [-0.4, -0.2) is 31.1 Å². The lowest BCUT2D eigenvalue weighted by molar-refractivity contribution is -0.903. The van der Waals surface area contributed by atoms with E-state index in [9.17, 15) is 4.79 Å². The first-order valence-corrected chi connectivity index (χ1v) is 15.6.